The van der Waals surface area contributed by atoms with Crippen molar-refractivity contribution in [2.24, 2.45) is 0 Å². The highest BCUT2D eigenvalue weighted by atomic mass is 19.1. The van der Waals surface area contributed by atoms with Gasteiger partial charge in [-0.2, -0.15) is 5.10 Å². The van der Waals surface area contributed by atoms with Gasteiger partial charge in [0, 0.05) is 25.7 Å². The Bertz CT molecular complexity index is 1080. The largest absolute Gasteiger partial charge is 0.497 e. The van der Waals surface area contributed by atoms with Crippen molar-refractivity contribution in [3.8, 4) is 5.75 Å². The SMILES string of the molecule is COc1ccc(CN2CCn3nc(C(=O)NCc4cccc(F)c4)cc3C2=O)cc1. The van der Waals surface area contributed by atoms with Crippen molar-refractivity contribution in [2.75, 3.05) is 13.7 Å². The molecule has 4 rings (SSSR count). The molecular formula is C22H21FN4O3. The highest BCUT2D eigenvalue weighted by Crippen LogP contribution is 2.18. The number of hydrogen-bond acceptors (Lipinski definition) is 4. The fraction of sp³-hybridized carbons (Fsp3) is 0.227. The van der Waals surface area contributed by atoms with E-state index in [9.17, 15) is 14.0 Å². The van der Waals surface area contributed by atoms with Gasteiger partial charge in [-0.15, -0.1) is 0 Å². The maximum absolute atomic E-state index is 13.3. The Labute approximate surface area is 173 Å². The zero-order valence-corrected chi connectivity index (χ0v) is 16.5. The molecular weight excluding hydrogens is 387 g/mol. The molecule has 2 amide bonds. The molecule has 0 saturated carbocycles. The number of hydrogen-bond donors (Lipinski definition) is 1. The molecule has 1 aromatic heterocycles. The zero-order valence-electron chi connectivity index (χ0n) is 16.5. The van der Waals surface area contributed by atoms with E-state index in [0.29, 0.717) is 30.9 Å². The summed E-state index contributed by atoms with van der Waals surface area (Å²) < 4.78 is 20.0. The van der Waals surface area contributed by atoms with Gasteiger partial charge in [0.15, 0.2) is 5.69 Å². The van der Waals surface area contributed by atoms with Gasteiger partial charge < -0.3 is 15.0 Å². The number of nitrogens with one attached hydrogen (secondary N) is 1. The molecule has 0 bridgehead atoms. The number of carbonyl (C=O) groups is 2. The number of rotatable bonds is 6. The van der Waals surface area contributed by atoms with Crippen molar-refractivity contribution in [1.29, 1.82) is 0 Å². The van der Waals surface area contributed by atoms with Crippen molar-refractivity contribution in [2.45, 2.75) is 19.6 Å². The van der Waals surface area contributed by atoms with Gasteiger partial charge in [0.25, 0.3) is 11.8 Å². The molecule has 2 heterocycles. The number of nitrogens with zero attached hydrogens (tertiary/aromatic N) is 3. The van der Waals surface area contributed by atoms with Crippen LogP contribution in [0.1, 0.15) is 32.1 Å². The molecule has 2 aromatic carbocycles. The summed E-state index contributed by atoms with van der Waals surface area (Å²) in [5.41, 5.74) is 2.19. The van der Waals surface area contributed by atoms with Gasteiger partial charge in [0.1, 0.15) is 17.3 Å². The molecule has 0 saturated heterocycles. The third-order valence-corrected chi connectivity index (χ3v) is 4.98. The first-order chi connectivity index (χ1) is 14.5. The molecule has 1 aliphatic rings. The van der Waals surface area contributed by atoms with E-state index >= 15 is 0 Å². The first kappa shape index (κ1) is 19.6. The maximum Gasteiger partial charge on any atom is 0.272 e. The molecule has 7 nitrogen and oxygen atoms in total. The molecule has 3 aromatic rings. The van der Waals surface area contributed by atoms with Gasteiger partial charge in [-0.3, -0.25) is 14.3 Å². The number of carbonyl (C=O) groups excluding carboxylic acids is 2. The molecule has 0 atom stereocenters. The third kappa shape index (κ3) is 4.17. The van der Waals surface area contributed by atoms with Crippen LogP contribution in [-0.2, 0) is 19.6 Å². The summed E-state index contributed by atoms with van der Waals surface area (Å²) in [7, 11) is 1.61. The predicted octanol–water partition coefficient (Wildman–Crippen LogP) is 2.62. The lowest BCUT2D eigenvalue weighted by molar-refractivity contribution is 0.0683. The van der Waals surface area contributed by atoms with Gasteiger partial charge in [0.05, 0.1) is 13.7 Å². The second kappa shape index (κ2) is 8.36. The summed E-state index contributed by atoms with van der Waals surface area (Å²) >= 11 is 0. The number of fused-ring (bicyclic) bond motifs is 1. The van der Waals surface area contributed by atoms with Crippen LogP contribution in [0.2, 0.25) is 0 Å². The highest BCUT2D eigenvalue weighted by molar-refractivity contribution is 5.98. The van der Waals surface area contributed by atoms with Crippen LogP contribution < -0.4 is 10.1 Å². The molecule has 0 unspecified atom stereocenters. The maximum atomic E-state index is 13.3. The minimum atomic E-state index is -0.407. The number of aromatic nitrogens is 2. The Morgan fingerprint density at radius 2 is 1.93 bits per heavy atom. The normalized spacial score (nSPS) is 13.1. The van der Waals surface area contributed by atoms with E-state index in [0.717, 1.165) is 11.3 Å². The first-order valence-electron chi connectivity index (χ1n) is 9.56. The van der Waals surface area contributed by atoms with Crippen molar-refractivity contribution >= 4 is 11.8 Å². The topological polar surface area (TPSA) is 76.5 Å². The smallest absolute Gasteiger partial charge is 0.272 e. The van der Waals surface area contributed by atoms with Gasteiger partial charge >= 0.3 is 0 Å². The fourth-order valence-electron chi connectivity index (χ4n) is 3.37. The fourth-order valence-corrected chi connectivity index (χ4v) is 3.37. The average Bonchev–Trinajstić information content (AvgIpc) is 3.20. The molecule has 0 spiro atoms. The molecule has 0 fully saturated rings. The van der Waals surface area contributed by atoms with Crippen molar-refractivity contribution in [1.82, 2.24) is 20.0 Å². The van der Waals surface area contributed by atoms with Gasteiger partial charge in [-0.1, -0.05) is 24.3 Å². The number of ether oxygens (including phenoxy) is 1. The van der Waals surface area contributed by atoms with Crippen LogP contribution in [0.5, 0.6) is 5.75 Å². The molecule has 8 heteroatoms. The summed E-state index contributed by atoms with van der Waals surface area (Å²) in [5.74, 6) is -0.179. The second-order valence-corrected chi connectivity index (χ2v) is 7.03. The Kier molecular flexibility index (Phi) is 5.47. The molecule has 30 heavy (non-hydrogen) atoms. The summed E-state index contributed by atoms with van der Waals surface area (Å²) in [5, 5.41) is 6.97. The first-order valence-corrected chi connectivity index (χ1v) is 9.56. The minimum absolute atomic E-state index is 0.168. The third-order valence-electron chi connectivity index (χ3n) is 4.98. The van der Waals surface area contributed by atoms with Crippen LogP contribution in [0, 0.1) is 5.82 Å². The van der Waals surface area contributed by atoms with Gasteiger partial charge in [0.2, 0.25) is 0 Å². The monoisotopic (exact) mass is 408 g/mol. The van der Waals surface area contributed by atoms with Crippen LogP contribution in [-0.4, -0.2) is 40.1 Å². The Morgan fingerprint density at radius 1 is 1.13 bits per heavy atom. The van der Waals surface area contributed by atoms with E-state index in [4.69, 9.17) is 4.74 Å². The Morgan fingerprint density at radius 3 is 2.67 bits per heavy atom. The number of methoxy groups -OCH3 is 1. The summed E-state index contributed by atoms with van der Waals surface area (Å²) in [6, 6.07) is 15.1. The van der Waals surface area contributed by atoms with Crippen LogP contribution in [0.15, 0.2) is 54.6 Å². The standard InChI is InChI=1S/C22H21FN4O3/c1-30-18-7-5-15(6-8-18)14-26-9-10-27-20(22(26)29)12-19(25-27)21(28)24-13-16-3-2-4-17(23)11-16/h2-8,11-12H,9-10,13-14H2,1H3,(H,24,28). The lowest BCUT2D eigenvalue weighted by atomic mass is 10.1. The lowest BCUT2D eigenvalue weighted by Gasteiger charge is -2.27. The summed E-state index contributed by atoms with van der Waals surface area (Å²) in [4.78, 5) is 27.0. The van der Waals surface area contributed by atoms with E-state index in [2.05, 4.69) is 10.4 Å². The van der Waals surface area contributed by atoms with Crippen molar-refractivity contribution in [3.05, 3.63) is 82.9 Å². The summed E-state index contributed by atoms with van der Waals surface area (Å²) in [6.07, 6.45) is 0. The van der Waals surface area contributed by atoms with Gasteiger partial charge in [-0.25, -0.2) is 4.39 Å². The van der Waals surface area contributed by atoms with Crippen LogP contribution in [0.25, 0.3) is 0 Å². The molecule has 1 N–H and O–H groups in total. The molecule has 154 valence electrons. The van der Waals surface area contributed by atoms with Crippen molar-refractivity contribution in [3.63, 3.8) is 0 Å². The van der Waals surface area contributed by atoms with E-state index in [-0.39, 0.29) is 24.0 Å². The zero-order chi connectivity index (χ0) is 21.1. The van der Waals surface area contributed by atoms with Crippen molar-refractivity contribution < 1.29 is 18.7 Å². The molecule has 1 aliphatic heterocycles. The molecule has 0 radical (unpaired) electrons. The number of amides is 2. The highest BCUT2D eigenvalue weighted by Gasteiger charge is 2.28. The predicted molar refractivity (Wildman–Crippen MR) is 108 cm³/mol. The lowest BCUT2D eigenvalue weighted by Crippen LogP contribution is -2.39. The minimum Gasteiger partial charge on any atom is -0.497 e. The number of halogens is 1. The van der Waals surface area contributed by atoms with E-state index < -0.39 is 5.91 Å². The van der Waals surface area contributed by atoms with Gasteiger partial charge in [-0.05, 0) is 35.4 Å². The van der Waals surface area contributed by atoms with Crippen LogP contribution in [0.4, 0.5) is 4.39 Å². The quantitative estimate of drug-likeness (QED) is 0.680. The summed E-state index contributed by atoms with van der Waals surface area (Å²) in [6.45, 7) is 1.66. The average molecular weight is 408 g/mol. The van der Waals surface area contributed by atoms with Crippen LogP contribution >= 0.6 is 0 Å². The number of benzene rings is 2. The Balaban J connectivity index is 1.42. The molecule has 0 aliphatic carbocycles. The second-order valence-electron chi connectivity index (χ2n) is 7.03. The van der Waals surface area contributed by atoms with E-state index in [1.54, 1.807) is 28.8 Å². The van der Waals surface area contributed by atoms with Crippen LogP contribution in [0.3, 0.4) is 0 Å². The Hall–Kier alpha value is -3.68. The van der Waals surface area contributed by atoms with E-state index in [1.807, 2.05) is 24.3 Å². The van der Waals surface area contributed by atoms with E-state index in [1.165, 1.54) is 18.2 Å².